The zero-order valence-electron chi connectivity index (χ0n) is 9.67. The largest absolute Gasteiger partial charge is 0.519 e. The topological polar surface area (TPSA) is 238 Å². The van der Waals surface area contributed by atoms with Gasteiger partial charge >= 0.3 is 11.8 Å². The standard InChI is InChI=1S/C2H6N4O2.CH6N2O2S.CH3N2O.W/c3-5-1(7)2(8)6-4;1-6(4,5)3-2;2-3-1-4;/h3-4H2,(H,5,7)(H,6,8);3H,2H2,1H3;2H2,(H,3,4);/q;;-1;. The second kappa shape index (κ2) is 16.8. The van der Waals surface area contributed by atoms with Gasteiger partial charge in [0.1, 0.15) is 0 Å². The van der Waals surface area contributed by atoms with Crippen molar-refractivity contribution in [3.05, 3.63) is 0 Å². The van der Waals surface area contributed by atoms with Crippen LogP contribution in [0.1, 0.15) is 0 Å². The van der Waals surface area contributed by atoms with Crippen molar-refractivity contribution in [2.45, 2.75) is 0 Å². The molecule has 0 radical (unpaired) electrons. The Hall–Kier alpha value is -1.15. The minimum atomic E-state index is -3.13. The Morgan fingerprint density at radius 2 is 1.21 bits per heavy atom. The third-order valence-corrected chi connectivity index (χ3v) is 1.17. The number of nitrogens with two attached hydrogens (primary N) is 4. The number of nitrogens with one attached hydrogen (secondary N) is 4. The van der Waals surface area contributed by atoms with E-state index in [4.69, 9.17) is 4.79 Å². The molecule has 114 valence electrons. The van der Waals surface area contributed by atoms with Gasteiger partial charge in [0.05, 0.1) is 6.26 Å². The molecule has 0 rings (SSSR count). The van der Waals surface area contributed by atoms with Crippen molar-refractivity contribution in [1.82, 2.24) is 21.1 Å². The molecule has 0 bridgehead atoms. The monoisotopic (exact) mass is 471 g/mol. The SMILES string of the molecule is CS(=O)(=O)NN.NNC(=O)C(=O)NN.NN[C-]=O.[W]. The quantitative estimate of drug-likeness (QED) is 0.0477. The summed E-state index contributed by atoms with van der Waals surface area (Å²) in [6.45, 7) is 0. The van der Waals surface area contributed by atoms with Gasteiger partial charge in [-0.25, -0.2) is 20.1 Å². The second-order valence-electron chi connectivity index (χ2n) is 2.08. The molecule has 12 N–H and O–H groups in total. The Morgan fingerprint density at radius 3 is 1.26 bits per heavy atom. The molecule has 15 heteroatoms. The van der Waals surface area contributed by atoms with Crippen LogP contribution in [0.4, 0.5) is 0 Å². The zero-order chi connectivity index (χ0) is 15.2. The van der Waals surface area contributed by atoms with Crippen LogP contribution in [-0.2, 0) is 45.5 Å². The van der Waals surface area contributed by atoms with Crippen molar-refractivity contribution >= 4 is 28.2 Å². The van der Waals surface area contributed by atoms with Crippen LogP contribution in [0.3, 0.4) is 0 Å². The predicted molar refractivity (Wildman–Crippen MR) is 59.8 cm³/mol. The molecule has 0 saturated carbocycles. The molecule has 0 atom stereocenters. The molecule has 0 aliphatic heterocycles. The molecule has 0 aromatic rings. The first-order chi connectivity index (χ1) is 8.19. The van der Waals surface area contributed by atoms with Crippen LogP contribution in [0.5, 0.6) is 0 Å². The van der Waals surface area contributed by atoms with E-state index in [0.29, 0.717) is 0 Å². The first-order valence-corrected chi connectivity index (χ1v) is 5.60. The van der Waals surface area contributed by atoms with E-state index in [9.17, 15) is 18.0 Å². The van der Waals surface area contributed by atoms with E-state index >= 15 is 0 Å². The first-order valence-electron chi connectivity index (χ1n) is 3.71. The van der Waals surface area contributed by atoms with Crippen LogP contribution in [0.25, 0.3) is 0 Å². The van der Waals surface area contributed by atoms with Gasteiger partial charge in [-0.2, -0.15) is 11.2 Å². The first kappa shape index (κ1) is 26.4. The fourth-order valence-electron chi connectivity index (χ4n) is 0.131. The number of hydrazine groups is 4. The van der Waals surface area contributed by atoms with Crippen molar-refractivity contribution in [1.29, 1.82) is 0 Å². The molecule has 0 aromatic carbocycles. The fraction of sp³-hybridized carbons (Fsp3) is 0.250. The number of sulfonamides is 1. The summed E-state index contributed by atoms with van der Waals surface area (Å²) >= 11 is 0. The van der Waals surface area contributed by atoms with Crippen LogP contribution in [0.15, 0.2) is 0 Å². The van der Waals surface area contributed by atoms with Crippen LogP contribution in [0, 0.1) is 0 Å². The Balaban J connectivity index is -0.0000000916. The molecule has 0 unspecified atom stereocenters. The molecule has 0 aliphatic rings. The Kier molecular flexibility index (Phi) is 23.4. The smallest absolute Gasteiger partial charge is 0.324 e. The molecular formula is C4H15N8O5SW-. The van der Waals surface area contributed by atoms with E-state index in [1.807, 2.05) is 0 Å². The van der Waals surface area contributed by atoms with Crippen molar-refractivity contribution in [2.75, 3.05) is 6.26 Å². The fourth-order valence-corrected chi connectivity index (χ4v) is 0.131. The van der Waals surface area contributed by atoms with E-state index in [1.165, 1.54) is 6.41 Å². The molecule has 0 aliphatic carbocycles. The van der Waals surface area contributed by atoms with Gasteiger partial charge in [0.2, 0.25) is 10.0 Å². The van der Waals surface area contributed by atoms with E-state index < -0.39 is 21.8 Å². The van der Waals surface area contributed by atoms with Gasteiger partial charge in [0.15, 0.2) is 0 Å². The van der Waals surface area contributed by atoms with E-state index in [2.05, 4.69) is 23.4 Å². The van der Waals surface area contributed by atoms with E-state index in [-0.39, 0.29) is 21.1 Å². The summed E-state index contributed by atoms with van der Waals surface area (Å²) in [7, 11) is -3.13. The van der Waals surface area contributed by atoms with Crippen LogP contribution >= 0.6 is 0 Å². The predicted octanol–water partition coefficient (Wildman–Crippen LogP) is -6.11. The summed E-state index contributed by atoms with van der Waals surface area (Å²) in [4.78, 5) is 30.4. The summed E-state index contributed by atoms with van der Waals surface area (Å²) in [5, 5.41) is 0. The van der Waals surface area contributed by atoms with Crippen LogP contribution in [0.2, 0.25) is 0 Å². The molecular weight excluding hydrogens is 456 g/mol. The van der Waals surface area contributed by atoms with Crippen LogP contribution < -0.4 is 44.5 Å². The van der Waals surface area contributed by atoms with Gasteiger partial charge in [-0.15, -0.1) is 0 Å². The van der Waals surface area contributed by atoms with Gasteiger partial charge in [-0.05, 0) is 0 Å². The summed E-state index contributed by atoms with van der Waals surface area (Å²) in [5.74, 6) is 16.0. The normalized spacial score (nSPS) is 8.05. The Labute approximate surface area is 123 Å². The number of hydrogen-bond donors (Lipinski definition) is 8. The zero-order valence-corrected chi connectivity index (χ0v) is 13.4. The maximum atomic E-state index is 10.0. The molecule has 0 aromatic heterocycles. The van der Waals surface area contributed by atoms with Crippen molar-refractivity contribution in [3.63, 3.8) is 0 Å². The number of carbonyl (C=O) groups is 2. The Morgan fingerprint density at radius 1 is 1.00 bits per heavy atom. The minimum Gasteiger partial charge on any atom is -0.519 e. The number of carbonyl (C=O) groups excluding carboxylic acids is 3. The van der Waals surface area contributed by atoms with Gasteiger partial charge in [-0.1, -0.05) is 0 Å². The summed E-state index contributed by atoms with van der Waals surface area (Å²) in [6.07, 6.45) is 2.19. The number of amides is 3. The van der Waals surface area contributed by atoms with Gasteiger partial charge < -0.3 is 10.2 Å². The average Bonchev–Trinajstić information content (AvgIpc) is 2.36. The average molecular weight is 471 g/mol. The van der Waals surface area contributed by atoms with Crippen molar-refractivity contribution in [3.8, 4) is 0 Å². The van der Waals surface area contributed by atoms with Crippen molar-refractivity contribution < 1.29 is 43.9 Å². The number of rotatable bonds is 2. The molecule has 0 heterocycles. The Bertz CT molecular complexity index is 333. The molecule has 0 fully saturated rings. The molecule has 0 spiro atoms. The summed E-state index contributed by atoms with van der Waals surface area (Å²) < 4.78 is 19.5. The molecule has 13 nitrogen and oxygen atoms in total. The summed E-state index contributed by atoms with van der Waals surface area (Å²) in [5.41, 5.74) is 4.79. The van der Waals surface area contributed by atoms with Crippen molar-refractivity contribution in [2.24, 2.45) is 23.4 Å². The van der Waals surface area contributed by atoms with Gasteiger partial charge in [0, 0.05) is 21.1 Å². The van der Waals surface area contributed by atoms with E-state index in [0.717, 1.165) is 6.26 Å². The number of hydrogen-bond acceptors (Lipinski definition) is 9. The van der Waals surface area contributed by atoms with E-state index in [1.54, 1.807) is 21.1 Å². The maximum absolute atomic E-state index is 10.0. The third-order valence-electron chi connectivity index (χ3n) is 0.741. The molecule has 0 saturated heterocycles. The third kappa shape index (κ3) is 31.6. The minimum absolute atomic E-state index is 0. The molecule has 19 heavy (non-hydrogen) atoms. The van der Waals surface area contributed by atoms with Gasteiger partial charge in [0.25, 0.3) is 0 Å². The summed E-state index contributed by atoms with van der Waals surface area (Å²) in [6, 6.07) is 0. The van der Waals surface area contributed by atoms with Gasteiger partial charge in [-0.3, -0.25) is 32.1 Å². The second-order valence-corrected chi connectivity index (χ2v) is 3.86. The molecule has 3 amide bonds. The maximum Gasteiger partial charge on any atom is 0.324 e. The van der Waals surface area contributed by atoms with Crippen LogP contribution in [-0.4, -0.2) is 32.9 Å².